The first-order valence-corrected chi connectivity index (χ1v) is 8.81. The number of hydrogen-bond donors (Lipinski definition) is 4. The summed E-state index contributed by atoms with van der Waals surface area (Å²) in [5.41, 5.74) is 0.809. The van der Waals surface area contributed by atoms with Crippen molar-refractivity contribution in [1.29, 1.82) is 0 Å². The molecule has 1 heterocycles. The second-order valence-electron chi connectivity index (χ2n) is 7.04. The molecule has 3 rings (SSSR count). The first-order valence-electron chi connectivity index (χ1n) is 8.81. The summed E-state index contributed by atoms with van der Waals surface area (Å²) < 4.78 is 16.3. The third kappa shape index (κ3) is 4.16. The molecule has 2 aromatic rings. The lowest BCUT2D eigenvalue weighted by Gasteiger charge is -2.33. The van der Waals surface area contributed by atoms with Crippen molar-refractivity contribution in [3.8, 4) is 28.7 Å². The van der Waals surface area contributed by atoms with Gasteiger partial charge in [-0.05, 0) is 18.1 Å². The SMILES string of the molecule is CC(C)COC(=O)O[C@@H]1Cc2c(O)cc(O)cc2O[C@H]1c1ccc(O)c(O)c1. The molecule has 0 bridgehead atoms. The van der Waals surface area contributed by atoms with Crippen LogP contribution in [0, 0.1) is 5.92 Å². The fraction of sp³-hybridized carbons (Fsp3) is 0.350. The number of carbonyl (C=O) groups is 1. The molecule has 1 aliphatic rings. The number of carbonyl (C=O) groups excluding carboxylic acids is 1. The quantitative estimate of drug-likeness (QED) is 0.462. The van der Waals surface area contributed by atoms with Gasteiger partial charge in [-0.15, -0.1) is 0 Å². The highest BCUT2D eigenvalue weighted by Crippen LogP contribution is 2.43. The van der Waals surface area contributed by atoms with E-state index in [-0.39, 0.29) is 47.7 Å². The first kappa shape index (κ1) is 19.5. The smallest absolute Gasteiger partial charge is 0.508 e. The summed E-state index contributed by atoms with van der Waals surface area (Å²) >= 11 is 0. The van der Waals surface area contributed by atoms with Gasteiger partial charge in [0.05, 0.1) is 6.61 Å². The van der Waals surface area contributed by atoms with Crippen LogP contribution in [0.25, 0.3) is 0 Å². The minimum absolute atomic E-state index is 0.102. The van der Waals surface area contributed by atoms with Crippen LogP contribution in [0.2, 0.25) is 0 Å². The molecule has 0 saturated carbocycles. The van der Waals surface area contributed by atoms with E-state index in [9.17, 15) is 25.2 Å². The van der Waals surface area contributed by atoms with Crippen molar-refractivity contribution < 1.29 is 39.4 Å². The highest BCUT2D eigenvalue weighted by Gasteiger charge is 2.37. The van der Waals surface area contributed by atoms with Crippen LogP contribution in [0.4, 0.5) is 4.79 Å². The number of rotatable bonds is 4. The lowest BCUT2D eigenvalue weighted by atomic mass is 9.93. The molecule has 0 radical (unpaired) electrons. The number of phenolic OH excluding ortho intramolecular Hbond substituents is 4. The zero-order valence-electron chi connectivity index (χ0n) is 15.5. The number of aromatic hydroxyl groups is 4. The Morgan fingerprint density at radius 2 is 1.86 bits per heavy atom. The molecule has 1 aliphatic heterocycles. The van der Waals surface area contributed by atoms with Crippen molar-refractivity contribution in [3.05, 3.63) is 41.5 Å². The molecule has 0 saturated heterocycles. The van der Waals surface area contributed by atoms with E-state index in [1.165, 1.54) is 30.3 Å². The molecule has 0 unspecified atom stereocenters. The molecule has 0 spiro atoms. The fourth-order valence-electron chi connectivity index (χ4n) is 2.94. The zero-order chi connectivity index (χ0) is 20.4. The minimum atomic E-state index is -0.878. The summed E-state index contributed by atoms with van der Waals surface area (Å²) in [7, 11) is 0. The standard InChI is InChI=1S/C20H22O8/c1-10(2)9-26-20(25)28-18-8-13-15(23)6-12(21)7-17(13)27-19(18)11-3-4-14(22)16(24)5-11/h3-7,10,18-19,21-24H,8-9H2,1-2H3/t18-,19+/m1/s1. The predicted octanol–water partition coefficient (Wildman–Crippen LogP) is 3.36. The number of phenols is 4. The molecule has 8 heteroatoms. The average molecular weight is 390 g/mol. The molecule has 0 aliphatic carbocycles. The Balaban J connectivity index is 1.92. The Bertz CT molecular complexity index is 877. The van der Waals surface area contributed by atoms with Crippen LogP contribution in [-0.2, 0) is 15.9 Å². The van der Waals surface area contributed by atoms with E-state index >= 15 is 0 Å². The second-order valence-corrected chi connectivity index (χ2v) is 7.04. The van der Waals surface area contributed by atoms with E-state index in [0.717, 1.165) is 0 Å². The molecule has 0 fully saturated rings. The predicted molar refractivity (Wildman–Crippen MR) is 97.7 cm³/mol. The molecular weight excluding hydrogens is 368 g/mol. The molecule has 4 N–H and O–H groups in total. The van der Waals surface area contributed by atoms with Crippen molar-refractivity contribution in [2.45, 2.75) is 32.5 Å². The number of hydrogen-bond acceptors (Lipinski definition) is 8. The van der Waals surface area contributed by atoms with E-state index in [1.54, 1.807) is 0 Å². The highest BCUT2D eigenvalue weighted by molar-refractivity contribution is 5.61. The van der Waals surface area contributed by atoms with Gasteiger partial charge < -0.3 is 34.6 Å². The van der Waals surface area contributed by atoms with Gasteiger partial charge >= 0.3 is 6.16 Å². The maximum absolute atomic E-state index is 12.1. The van der Waals surface area contributed by atoms with Crippen molar-refractivity contribution >= 4 is 6.16 Å². The third-order valence-electron chi connectivity index (χ3n) is 4.28. The molecule has 0 aromatic heterocycles. The lowest BCUT2D eigenvalue weighted by Crippen LogP contribution is -2.35. The first-order chi connectivity index (χ1) is 13.2. The molecule has 0 amide bonds. The Morgan fingerprint density at radius 1 is 1.11 bits per heavy atom. The highest BCUT2D eigenvalue weighted by atomic mass is 16.7. The molecule has 150 valence electrons. The van der Waals surface area contributed by atoms with Crippen molar-refractivity contribution in [2.24, 2.45) is 5.92 Å². The normalized spacial score (nSPS) is 18.2. The molecule has 2 atom stereocenters. The van der Waals surface area contributed by atoms with Gasteiger partial charge in [-0.2, -0.15) is 0 Å². The molecule has 2 aromatic carbocycles. The topological polar surface area (TPSA) is 126 Å². The van der Waals surface area contributed by atoms with Gasteiger partial charge in [-0.1, -0.05) is 19.9 Å². The van der Waals surface area contributed by atoms with Crippen LogP contribution >= 0.6 is 0 Å². The summed E-state index contributed by atoms with van der Waals surface area (Å²) in [6.07, 6.45) is -2.50. The van der Waals surface area contributed by atoms with E-state index in [4.69, 9.17) is 14.2 Å². The average Bonchev–Trinajstić information content (AvgIpc) is 2.62. The van der Waals surface area contributed by atoms with Crippen LogP contribution in [0.15, 0.2) is 30.3 Å². The minimum Gasteiger partial charge on any atom is -0.508 e. The summed E-state index contributed by atoms with van der Waals surface area (Å²) in [4.78, 5) is 12.1. The Morgan fingerprint density at radius 3 is 2.54 bits per heavy atom. The Kier molecular flexibility index (Phi) is 5.39. The largest absolute Gasteiger partial charge is 0.508 e. The van der Waals surface area contributed by atoms with Crippen LogP contribution in [0.5, 0.6) is 28.7 Å². The number of fused-ring (bicyclic) bond motifs is 1. The molecular formula is C20H22O8. The van der Waals surface area contributed by atoms with Gasteiger partial charge in [0, 0.05) is 29.7 Å². The van der Waals surface area contributed by atoms with Crippen molar-refractivity contribution in [3.63, 3.8) is 0 Å². The summed E-state index contributed by atoms with van der Waals surface area (Å²) in [5, 5.41) is 39.2. The monoisotopic (exact) mass is 390 g/mol. The van der Waals surface area contributed by atoms with E-state index < -0.39 is 18.4 Å². The third-order valence-corrected chi connectivity index (χ3v) is 4.28. The van der Waals surface area contributed by atoms with Gasteiger partial charge in [0.15, 0.2) is 23.7 Å². The van der Waals surface area contributed by atoms with E-state index in [1.807, 2.05) is 13.8 Å². The lowest BCUT2D eigenvalue weighted by molar-refractivity contribution is -0.0350. The van der Waals surface area contributed by atoms with Gasteiger partial charge in [0.2, 0.25) is 0 Å². The number of ether oxygens (including phenoxy) is 3. The van der Waals surface area contributed by atoms with Crippen LogP contribution in [0.1, 0.15) is 31.1 Å². The number of benzene rings is 2. The van der Waals surface area contributed by atoms with Gasteiger partial charge in [0.25, 0.3) is 0 Å². The van der Waals surface area contributed by atoms with E-state index in [0.29, 0.717) is 11.1 Å². The van der Waals surface area contributed by atoms with Crippen molar-refractivity contribution in [1.82, 2.24) is 0 Å². The van der Waals surface area contributed by atoms with Crippen molar-refractivity contribution in [2.75, 3.05) is 6.61 Å². The summed E-state index contributed by atoms with van der Waals surface area (Å²) in [6.45, 7) is 3.96. The Hall–Kier alpha value is -3.29. The van der Waals surface area contributed by atoms with Crippen LogP contribution in [-0.4, -0.2) is 39.3 Å². The molecule has 8 nitrogen and oxygen atoms in total. The van der Waals surface area contributed by atoms with Crippen LogP contribution in [0.3, 0.4) is 0 Å². The van der Waals surface area contributed by atoms with Crippen LogP contribution < -0.4 is 4.74 Å². The fourth-order valence-corrected chi connectivity index (χ4v) is 2.94. The van der Waals surface area contributed by atoms with Gasteiger partial charge in [-0.25, -0.2) is 4.79 Å². The van der Waals surface area contributed by atoms with E-state index in [2.05, 4.69) is 0 Å². The maximum atomic E-state index is 12.1. The summed E-state index contributed by atoms with van der Waals surface area (Å²) in [6, 6.07) is 6.61. The van der Waals surface area contributed by atoms with Gasteiger partial charge in [0.1, 0.15) is 17.2 Å². The Labute approximate surface area is 161 Å². The summed E-state index contributed by atoms with van der Waals surface area (Å²) in [5.74, 6) is -0.667. The molecule has 28 heavy (non-hydrogen) atoms. The second kappa shape index (κ2) is 7.75. The maximum Gasteiger partial charge on any atom is 0.508 e. The van der Waals surface area contributed by atoms with Gasteiger partial charge in [-0.3, -0.25) is 0 Å². The zero-order valence-corrected chi connectivity index (χ0v) is 15.5.